The largest absolute Gasteiger partial charge is 0.481 e. The number of hydrogen-bond acceptors (Lipinski definition) is 4. The van der Waals surface area contributed by atoms with Crippen LogP contribution in [0.4, 0.5) is 0 Å². The lowest BCUT2D eigenvalue weighted by molar-refractivity contribution is -0.133. The number of carboxylic acid groups (broad SMARTS) is 1. The van der Waals surface area contributed by atoms with Crippen LogP contribution in [0.1, 0.15) is 0 Å². The number of carboxylic acids is 1. The molecule has 0 spiro atoms. The molecule has 1 N–H and O–H groups in total. The van der Waals surface area contributed by atoms with Gasteiger partial charge in [0.15, 0.2) is 5.16 Å². The number of aliphatic carboxylic acids is 1. The number of hydrogen-bond donors (Lipinski definition) is 1. The Morgan fingerprint density at radius 1 is 1.55 bits per heavy atom. The maximum Gasteiger partial charge on any atom is 0.313 e. The number of aryl methyl sites for hydroxylation is 1. The summed E-state index contributed by atoms with van der Waals surface area (Å²) in [6, 6.07) is 5.38. The van der Waals surface area contributed by atoms with E-state index in [1.165, 1.54) is 0 Å². The Kier molecular flexibility index (Phi) is 5.06. The number of aromatic nitrogens is 2. The number of imidazole rings is 1. The molecule has 0 aliphatic carbocycles. The fourth-order valence-corrected chi connectivity index (χ4v) is 3.25. The summed E-state index contributed by atoms with van der Waals surface area (Å²) < 4.78 is 13.1. The highest BCUT2D eigenvalue weighted by atomic mass is 35.5. The van der Waals surface area contributed by atoms with Crippen LogP contribution >= 0.6 is 23.4 Å². The van der Waals surface area contributed by atoms with Crippen molar-refractivity contribution >= 4 is 51.2 Å². The molecule has 1 atom stereocenters. The molecule has 0 saturated carbocycles. The minimum absolute atomic E-state index is 0.0733. The van der Waals surface area contributed by atoms with Crippen molar-refractivity contribution in [2.45, 2.75) is 11.7 Å². The van der Waals surface area contributed by atoms with Crippen LogP contribution in [0.3, 0.4) is 0 Å². The maximum atomic E-state index is 11.3. The van der Waals surface area contributed by atoms with Gasteiger partial charge in [0.05, 0.1) is 21.8 Å². The second-order valence-corrected chi connectivity index (χ2v) is 7.02. The third kappa shape index (κ3) is 3.53. The number of thioether (sulfide) groups is 1. The first-order valence-corrected chi connectivity index (χ1v) is 8.87. The highest BCUT2D eigenvalue weighted by Gasteiger charge is 2.15. The minimum Gasteiger partial charge on any atom is -0.481 e. The summed E-state index contributed by atoms with van der Waals surface area (Å²) in [5.74, 6) is -0.508. The highest BCUT2D eigenvalue weighted by Crippen LogP contribution is 2.29. The van der Waals surface area contributed by atoms with Gasteiger partial charge in [0.1, 0.15) is 0 Å². The van der Waals surface area contributed by atoms with Crippen LogP contribution in [-0.2, 0) is 22.1 Å². The molecule has 0 saturated heterocycles. The first kappa shape index (κ1) is 15.3. The summed E-state index contributed by atoms with van der Waals surface area (Å²) in [5.41, 5.74) is 1.47. The molecule has 0 aliphatic heterocycles. The Morgan fingerprint density at radius 2 is 2.30 bits per heavy atom. The summed E-state index contributed by atoms with van der Waals surface area (Å²) in [6.45, 7) is 0.491. The van der Waals surface area contributed by atoms with Crippen LogP contribution in [0, 0.1) is 0 Å². The molecule has 108 valence electrons. The van der Waals surface area contributed by atoms with Crippen LogP contribution in [0.25, 0.3) is 11.0 Å². The van der Waals surface area contributed by atoms with E-state index < -0.39 is 16.8 Å². The number of benzene rings is 1. The van der Waals surface area contributed by atoms with Crippen LogP contribution in [0.2, 0.25) is 5.02 Å². The summed E-state index contributed by atoms with van der Waals surface area (Å²) in [4.78, 5) is 15.1. The lowest BCUT2D eigenvalue weighted by atomic mass is 10.3. The summed E-state index contributed by atoms with van der Waals surface area (Å²) in [6.07, 6.45) is 1.63. The SMILES string of the molecule is CS(=O)CCn1c(SCC(=O)O)nc2cccc(Cl)c21. The molecule has 2 aromatic rings. The third-order valence-electron chi connectivity index (χ3n) is 2.61. The minimum atomic E-state index is -0.938. The van der Waals surface area contributed by atoms with E-state index in [1.54, 1.807) is 18.4 Å². The van der Waals surface area contributed by atoms with Crippen LogP contribution in [-0.4, -0.2) is 42.6 Å². The van der Waals surface area contributed by atoms with Crippen molar-refractivity contribution in [1.29, 1.82) is 0 Å². The zero-order chi connectivity index (χ0) is 14.7. The normalized spacial score (nSPS) is 12.7. The molecular weight excluding hydrogens is 320 g/mol. The second kappa shape index (κ2) is 6.60. The first-order valence-electron chi connectivity index (χ1n) is 5.78. The van der Waals surface area contributed by atoms with Gasteiger partial charge in [0, 0.05) is 29.4 Å². The molecule has 20 heavy (non-hydrogen) atoms. The molecule has 0 amide bonds. The number of rotatable bonds is 6. The van der Waals surface area contributed by atoms with Gasteiger partial charge in [-0.2, -0.15) is 0 Å². The zero-order valence-corrected chi connectivity index (χ0v) is 13.1. The Bertz CT molecular complexity index is 672. The van der Waals surface area contributed by atoms with Gasteiger partial charge < -0.3 is 9.67 Å². The summed E-state index contributed by atoms with van der Waals surface area (Å²) >= 11 is 7.33. The van der Waals surface area contributed by atoms with E-state index >= 15 is 0 Å². The van der Waals surface area contributed by atoms with Crippen molar-refractivity contribution in [2.75, 3.05) is 17.8 Å². The number of nitrogens with zero attached hydrogens (tertiary/aromatic N) is 2. The molecule has 0 aliphatic rings. The van der Waals surface area contributed by atoms with Crippen molar-refractivity contribution < 1.29 is 14.1 Å². The number of halogens is 1. The van der Waals surface area contributed by atoms with Gasteiger partial charge in [0.25, 0.3) is 0 Å². The van der Waals surface area contributed by atoms with Crippen LogP contribution in [0.5, 0.6) is 0 Å². The number of para-hydroxylation sites is 1. The van der Waals surface area contributed by atoms with Gasteiger partial charge in [0.2, 0.25) is 0 Å². The van der Waals surface area contributed by atoms with Crippen molar-refractivity contribution in [1.82, 2.24) is 9.55 Å². The standard InChI is InChI=1S/C12H13ClN2O3S2/c1-20(18)6-5-15-11-8(13)3-2-4-9(11)14-12(15)19-7-10(16)17/h2-4H,5-7H2,1H3,(H,16,17). The Balaban J connectivity index is 2.43. The van der Waals surface area contributed by atoms with Gasteiger partial charge in [-0.15, -0.1) is 0 Å². The Labute approximate surface area is 127 Å². The summed E-state index contributed by atoms with van der Waals surface area (Å²) in [5, 5.41) is 9.92. The smallest absolute Gasteiger partial charge is 0.313 e. The van der Waals surface area contributed by atoms with Crippen molar-refractivity contribution in [3.05, 3.63) is 23.2 Å². The van der Waals surface area contributed by atoms with E-state index in [9.17, 15) is 9.00 Å². The lowest BCUT2D eigenvalue weighted by Gasteiger charge is -2.07. The maximum absolute atomic E-state index is 11.3. The molecule has 1 aromatic heterocycles. The molecule has 2 rings (SSSR count). The van der Waals surface area contributed by atoms with Crippen LogP contribution < -0.4 is 0 Å². The monoisotopic (exact) mass is 332 g/mol. The van der Waals surface area contributed by atoms with E-state index in [1.807, 2.05) is 10.6 Å². The van der Waals surface area contributed by atoms with Gasteiger partial charge in [-0.25, -0.2) is 4.98 Å². The summed E-state index contributed by atoms with van der Waals surface area (Å²) in [7, 11) is -0.938. The Morgan fingerprint density at radius 3 is 2.95 bits per heavy atom. The molecule has 5 nitrogen and oxygen atoms in total. The second-order valence-electron chi connectivity index (χ2n) is 4.11. The van der Waals surface area contributed by atoms with E-state index in [-0.39, 0.29) is 5.75 Å². The lowest BCUT2D eigenvalue weighted by Crippen LogP contribution is -2.09. The third-order valence-corrected chi connectivity index (χ3v) is 4.63. The first-order chi connectivity index (χ1) is 9.49. The van der Waals surface area contributed by atoms with Crippen molar-refractivity contribution in [3.8, 4) is 0 Å². The van der Waals surface area contributed by atoms with E-state index in [2.05, 4.69) is 4.98 Å². The predicted octanol–water partition coefficient (Wildman–Crippen LogP) is 2.24. The van der Waals surface area contributed by atoms with Gasteiger partial charge in [-0.1, -0.05) is 29.4 Å². The topological polar surface area (TPSA) is 72.2 Å². The molecule has 0 bridgehead atoms. The fourth-order valence-electron chi connectivity index (χ4n) is 1.78. The molecule has 1 unspecified atom stereocenters. The highest BCUT2D eigenvalue weighted by molar-refractivity contribution is 7.99. The van der Waals surface area contributed by atoms with Gasteiger partial charge in [-0.3, -0.25) is 9.00 Å². The average molecular weight is 333 g/mol. The van der Waals surface area contributed by atoms with E-state index in [0.29, 0.717) is 28.0 Å². The van der Waals surface area contributed by atoms with Crippen LogP contribution in [0.15, 0.2) is 23.4 Å². The molecular formula is C12H13ClN2O3S2. The Hall–Kier alpha value is -1.05. The van der Waals surface area contributed by atoms with Crippen molar-refractivity contribution in [3.63, 3.8) is 0 Å². The number of fused-ring (bicyclic) bond motifs is 1. The predicted molar refractivity (Wildman–Crippen MR) is 82.0 cm³/mol. The molecule has 0 fully saturated rings. The molecule has 8 heteroatoms. The van der Waals surface area contributed by atoms with E-state index in [4.69, 9.17) is 16.7 Å². The zero-order valence-electron chi connectivity index (χ0n) is 10.7. The van der Waals surface area contributed by atoms with Crippen molar-refractivity contribution in [2.24, 2.45) is 0 Å². The fraction of sp³-hybridized carbons (Fsp3) is 0.333. The molecule has 1 heterocycles. The number of carbonyl (C=O) groups is 1. The van der Waals surface area contributed by atoms with E-state index in [0.717, 1.165) is 17.3 Å². The average Bonchev–Trinajstić information content (AvgIpc) is 2.73. The van der Waals surface area contributed by atoms with Gasteiger partial charge in [-0.05, 0) is 12.1 Å². The molecule has 0 radical (unpaired) electrons. The van der Waals surface area contributed by atoms with Gasteiger partial charge >= 0.3 is 5.97 Å². The molecule has 1 aromatic carbocycles. The quantitative estimate of drug-likeness (QED) is 0.821.